The highest BCUT2D eigenvalue weighted by atomic mass is 32.1. The Kier molecular flexibility index (Phi) is 6.67. The zero-order chi connectivity index (χ0) is 20.8. The van der Waals surface area contributed by atoms with Gasteiger partial charge in [0.1, 0.15) is 6.04 Å². The number of carbonyl (C=O) groups excluding carboxylic acids is 1. The van der Waals surface area contributed by atoms with Crippen molar-refractivity contribution in [3.63, 3.8) is 0 Å². The number of para-hydroxylation sites is 2. The lowest BCUT2D eigenvalue weighted by Gasteiger charge is -2.39. The number of urea groups is 1. The molecule has 0 aliphatic carbocycles. The third-order valence-electron chi connectivity index (χ3n) is 5.71. The van der Waals surface area contributed by atoms with Crippen LogP contribution in [0.25, 0.3) is 0 Å². The summed E-state index contributed by atoms with van der Waals surface area (Å²) in [4.78, 5) is 17.9. The molecule has 156 valence electrons. The van der Waals surface area contributed by atoms with E-state index in [4.69, 9.17) is 0 Å². The Morgan fingerprint density at radius 2 is 1.63 bits per heavy atom. The molecule has 1 aliphatic heterocycles. The van der Waals surface area contributed by atoms with Gasteiger partial charge in [-0.05, 0) is 42.6 Å². The monoisotopic (exact) mass is 421 g/mol. The second-order valence-corrected chi connectivity index (χ2v) is 8.71. The van der Waals surface area contributed by atoms with Crippen LogP contribution in [0.4, 0.5) is 16.2 Å². The molecule has 0 saturated carbocycles. The molecule has 3 N–H and O–H groups in total. The average molecular weight is 422 g/mol. The number of hydrogen-bond donors (Lipinski definition) is 3. The van der Waals surface area contributed by atoms with Gasteiger partial charge in [0.05, 0.1) is 37.1 Å². The molecule has 2 heterocycles. The fraction of sp³-hybridized carbons (Fsp3) is 0.292. The Bertz CT molecular complexity index is 909. The SMILES string of the molecule is C[C@@H](NC(=O)Nc1ccccc1)[C@@H](c1cccs1)[NH+]1CCN(c2ccccc2)CC1. The third kappa shape index (κ3) is 5.01. The summed E-state index contributed by atoms with van der Waals surface area (Å²) >= 11 is 1.78. The average Bonchev–Trinajstić information content (AvgIpc) is 3.30. The third-order valence-corrected chi connectivity index (χ3v) is 6.66. The summed E-state index contributed by atoms with van der Waals surface area (Å²) in [6.45, 7) is 6.24. The van der Waals surface area contributed by atoms with Gasteiger partial charge >= 0.3 is 6.03 Å². The van der Waals surface area contributed by atoms with Crippen molar-refractivity contribution in [1.82, 2.24) is 5.32 Å². The van der Waals surface area contributed by atoms with Crippen molar-refractivity contribution in [2.24, 2.45) is 0 Å². The van der Waals surface area contributed by atoms with Crippen LogP contribution >= 0.6 is 11.3 Å². The normalized spacial score (nSPS) is 16.6. The van der Waals surface area contributed by atoms with E-state index in [0.29, 0.717) is 0 Å². The molecule has 2 atom stereocenters. The molecule has 30 heavy (non-hydrogen) atoms. The maximum atomic E-state index is 12.6. The lowest BCUT2D eigenvalue weighted by Crippen LogP contribution is -3.16. The van der Waals surface area contributed by atoms with Gasteiger partial charge in [0.15, 0.2) is 0 Å². The van der Waals surface area contributed by atoms with Crippen molar-refractivity contribution >= 4 is 28.7 Å². The fourth-order valence-corrected chi connectivity index (χ4v) is 5.24. The summed E-state index contributed by atoms with van der Waals surface area (Å²) < 4.78 is 0. The molecule has 1 fully saturated rings. The van der Waals surface area contributed by atoms with Gasteiger partial charge < -0.3 is 20.4 Å². The van der Waals surface area contributed by atoms with Crippen LogP contribution in [0.1, 0.15) is 17.8 Å². The highest BCUT2D eigenvalue weighted by Gasteiger charge is 2.34. The molecule has 3 aromatic rings. The number of nitrogens with zero attached hydrogens (tertiary/aromatic N) is 1. The van der Waals surface area contributed by atoms with E-state index in [-0.39, 0.29) is 18.1 Å². The lowest BCUT2D eigenvalue weighted by molar-refractivity contribution is -0.933. The van der Waals surface area contributed by atoms with Crippen molar-refractivity contribution in [3.8, 4) is 0 Å². The van der Waals surface area contributed by atoms with E-state index < -0.39 is 0 Å². The topological polar surface area (TPSA) is 48.8 Å². The van der Waals surface area contributed by atoms with Gasteiger partial charge in [-0.1, -0.05) is 42.5 Å². The second-order valence-electron chi connectivity index (χ2n) is 7.73. The molecule has 0 spiro atoms. The first-order chi connectivity index (χ1) is 14.7. The molecular weight excluding hydrogens is 392 g/mol. The summed E-state index contributed by atoms with van der Waals surface area (Å²) in [5.74, 6) is 0. The zero-order valence-electron chi connectivity index (χ0n) is 17.3. The first-order valence-electron chi connectivity index (χ1n) is 10.5. The molecule has 1 aliphatic rings. The summed E-state index contributed by atoms with van der Waals surface area (Å²) in [6, 6.07) is 24.6. The maximum Gasteiger partial charge on any atom is 0.319 e. The summed E-state index contributed by atoms with van der Waals surface area (Å²) in [6.07, 6.45) is 0. The van der Waals surface area contributed by atoms with E-state index in [9.17, 15) is 4.79 Å². The molecule has 5 nitrogen and oxygen atoms in total. The molecule has 6 heteroatoms. The number of hydrogen-bond acceptors (Lipinski definition) is 3. The van der Waals surface area contributed by atoms with Crippen molar-refractivity contribution < 1.29 is 9.69 Å². The molecule has 4 rings (SSSR count). The van der Waals surface area contributed by atoms with Crippen LogP contribution in [0.5, 0.6) is 0 Å². The molecule has 2 aromatic carbocycles. The first-order valence-corrected chi connectivity index (χ1v) is 11.4. The maximum absolute atomic E-state index is 12.6. The highest BCUT2D eigenvalue weighted by molar-refractivity contribution is 7.10. The lowest BCUT2D eigenvalue weighted by atomic mass is 10.0. The number of piperazine rings is 1. The number of benzene rings is 2. The predicted molar refractivity (Wildman–Crippen MR) is 124 cm³/mol. The summed E-state index contributed by atoms with van der Waals surface area (Å²) in [5.41, 5.74) is 2.09. The number of nitrogens with one attached hydrogen (secondary N) is 3. The molecule has 0 bridgehead atoms. The minimum absolute atomic E-state index is 0.0191. The summed E-state index contributed by atoms with van der Waals surface area (Å²) in [5, 5.41) is 8.24. The molecule has 1 aromatic heterocycles. The quantitative estimate of drug-likeness (QED) is 0.571. The van der Waals surface area contributed by atoms with E-state index in [2.05, 4.69) is 70.3 Å². The molecule has 0 unspecified atom stereocenters. The Hall–Kier alpha value is -2.83. The van der Waals surface area contributed by atoms with Crippen LogP contribution in [0.2, 0.25) is 0 Å². The van der Waals surface area contributed by atoms with Crippen LogP contribution in [-0.2, 0) is 0 Å². The van der Waals surface area contributed by atoms with Gasteiger partial charge in [-0.25, -0.2) is 4.79 Å². The van der Waals surface area contributed by atoms with Crippen LogP contribution in [-0.4, -0.2) is 38.3 Å². The predicted octanol–water partition coefficient (Wildman–Crippen LogP) is 3.40. The van der Waals surface area contributed by atoms with Gasteiger partial charge in [-0.2, -0.15) is 0 Å². The number of quaternary nitrogens is 1. The van der Waals surface area contributed by atoms with Crippen LogP contribution in [0.3, 0.4) is 0 Å². The molecular formula is C24H29N4OS+. The Labute approximate surface area is 182 Å². The van der Waals surface area contributed by atoms with Crippen LogP contribution < -0.4 is 20.4 Å². The van der Waals surface area contributed by atoms with E-state index in [1.807, 2.05) is 30.3 Å². The minimum atomic E-state index is -0.155. The van der Waals surface area contributed by atoms with Gasteiger partial charge in [0.2, 0.25) is 0 Å². The number of thiophene rings is 1. The number of anilines is 2. The first kappa shape index (κ1) is 20.4. The zero-order valence-corrected chi connectivity index (χ0v) is 18.1. The Morgan fingerprint density at radius 3 is 2.27 bits per heavy atom. The minimum Gasteiger partial charge on any atom is -0.360 e. The fourth-order valence-electron chi connectivity index (χ4n) is 4.25. The van der Waals surface area contributed by atoms with Crippen LogP contribution in [0.15, 0.2) is 78.2 Å². The summed E-state index contributed by atoms with van der Waals surface area (Å²) in [7, 11) is 0. The van der Waals surface area contributed by atoms with E-state index >= 15 is 0 Å². The second kappa shape index (κ2) is 9.78. The standard InChI is InChI=1S/C24H28N4OS/c1-19(25-24(29)26-20-9-4-2-5-10-20)23(22-13-8-18-30-22)28-16-14-27(15-17-28)21-11-6-3-7-12-21/h2-13,18-19,23H,14-17H2,1H3,(H2,25,26,29)/p+1/t19-,23+/m1/s1. The largest absolute Gasteiger partial charge is 0.360 e. The molecule has 0 radical (unpaired) electrons. The number of carbonyl (C=O) groups is 1. The van der Waals surface area contributed by atoms with Crippen molar-refractivity contribution in [2.45, 2.75) is 19.0 Å². The number of rotatable bonds is 6. The Balaban J connectivity index is 1.41. The van der Waals surface area contributed by atoms with E-state index in [1.54, 1.807) is 11.3 Å². The van der Waals surface area contributed by atoms with Gasteiger partial charge in [-0.3, -0.25) is 0 Å². The molecule has 1 saturated heterocycles. The van der Waals surface area contributed by atoms with Gasteiger partial charge in [0, 0.05) is 11.4 Å². The van der Waals surface area contributed by atoms with E-state index in [1.165, 1.54) is 15.5 Å². The smallest absolute Gasteiger partial charge is 0.319 e. The van der Waals surface area contributed by atoms with Crippen LogP contribution in [0, 0.1) is 0 Å². The van der Waals surface area contributed by atoms with Gasteiger partial charge in [0.25, 0.3) is 0 Å². The highest BCUT2D eigenvalue weighted by Crippen LogP contribution is 2.21. The van der Waals surface area contributed by atoms with E-state index in [0.717, 1.165) is 31.9 Å². The van der Waals surface area contributed by atoms with Crippen molar-refractivity contribution in [2.75, 3.05) is 36.4 Å². The Morgan fingerprint density at radius 1 is 0.967 bits per heavy atom. The number of amides is 2. The van der Waals surface area contributed by atoms with Gasteiger partial charge in [-0.15, -0.1) is 11.3 Å². The molecule has 2 amide bonds. The van der Waals surface area contributed by atoms with Crippen molar-refractivity contribution in [1.29, 1.82) is 0 Å². The van der Waals surface area contributed by atoms with Crippen molar-refractivity contribution in [3.05, 3.63) is 83.1 Å².